The predicted octanol–water partition coefficient (Wildman–Crippen LogP) is 1.37. The molecule has 2 aromatic heterocycles. The monoisotopic (exact) mass is 345 g/mol. The van der Waals surface area contributed by atoms with Crippen molar-refractivity contribution in [2.75, 3.05) is 0 Å². The fourth-order valence-corrected chi connectivity index (χ4v) is 3.45. The van der Waals surface area contributed by atoms with E-state index in [4.69, 9.17) is 10.2 Å². The Bertz CT molecular complexity index is 655. The molecule has 6 nitrogen and oxygen atoms in total. The van der Waals surface area contributed by atoms with Crippen molar-refractivity contribution in [2.24, 2.45) is 5.73 Å². The molecule has 0 spiro atoms. The number of halogens is 1. The van der Waals surface area contributed by atoms with E-state index < -0.39 is 10.0 Å². The molecule has 0 radical (unpaired) electrons. The van der Waals surface area contributed by atoms with Gasteiger partial charge in [0.15, 0.2) is 4.67 Å². The highest BCUT2D eigenvalue weighted by molar-refractivity contribution is 9.10. The van der Waals surface area contributed by atoms with Gasteiger partial charge >= 0.3 is 0 Å². The summed E-state index contributed by atoms with van der Waals surface area (Å²) in [5.41, 5.74) is 6.17. The SMILES string of the molecule is NCc1cc(S(=O)(=O)NCc2cccnc2)c(Br)o1. The van der Waals surface area contributed by atoms with E-state index in [-0.39, 0.29) is 22.7 Å². The molecule has 0 atom stereocenters. The highest BCUT2D eigenvalue weighted by Crippen LogP contribution is 2.25. The molecule has 2 aromatic rings. The van der Waals surface area contributed by atoms with Crippen LogP contribution in [0, 0.1) is 0 Å². The minimum absolute atomic E-state index is 0.0387. The molecule has 19 heavy (non-hydrogen) atoms. The van der Waals surface area contributed by atoms with E-state index in [0.717, 1.165) is 5.56 Å². The van der Waals surface area contributed by atoms with Gasteiger partial charge in [0.1, 0.15) is 10.7 Å². The smallest absolute Gasteiger partial charge is 0.245 e. The third-order valence-electron chi connectivity index (χ3n) is 2.39. The van der Waals surface area contributed by atoms with Gasteiger partial charge < -0.3 is 10.2 Å². The third kappa shape index (κ3) is 3.41. The molecule has 0 aromatic carbocycles. The topological polar surface area (TPSA) is 98.2 Å². The van der Waals surface area contributed by atoms with Gasteiger partial charge in [0.25, 0.3) is 0 Å². The van der Waals surface area contributed by atoms with E-state index >= 15 is 0 Å². The molecule has 0 fully saturated rings. The second-order valence-electron chi connectivity index (χ2n) is 3.74. The summed E-state index contributed by atoms with van der Waals surface area (Å²) >= 11 is 3.07. The van der Waals surface area contributed by atoms with Gasteiger partial charge in [0.05, 0.1) is 6.54 Å². The molecule has 0 saturated carbocycles. The van der Waals surface area contributed by atoms with Crippen molar-refractivity contribution in [1.29, 1.82) is 0 Å². The Morgan fingerprint density at radius 3 is 2.84 bits per heavy atom. The van der Waals surface area contributed by atoms with Crippen LogP contribution < -0.4 is 10.5 Å². The largest absolute Gasteiger partial charge is 0.452 e. The van der Waals surface area contributed by atoms with Gasteiger partial charge in [-0.1, -0.05) is 6.07 Å². The van der Waals surface area contributed by atoms with Gasteiger partial charge in [0.2, 0.25) is 10.0 Å². The summed E-state index contributed by atoms with van der Waals surface area (Å²) in [5, 5.41) is 0. The third-order valence-corrected chi connectivity index (χ3v) is 4.64. The maximum absolute atomic E-state index is 12.1. The van der Waals surface area contributed by atoms with Gasteiger partial charge in [-0.05, 0) is 27.6 Å². The zero-order valence-electron chi connectivity index (χ0n) is 9.84. The van der Waals surface area contributed by atoms with E-state index in [9.17, 15) is 8.42 Å². The number of furan rings is 1. The van der Waals surface area contributed by atoms with Crippen LogP contribution in [0.1, 0.15) is 11.3 Å². The summed E-state index contributed by atoms with van der Waals surface area (Å²) < 4.78 is 32.0. The first kappa shape index (κ1) is 14.2. The van der Waals surface area contributed by atoms with Crippen LogP contribution in [0.3, 0.4) is 0 Å². The van der Waals surface area contributed by atoms with Gasteiger partial charge in [0, 0.05) is 25.0 Å². The zero-order chi connectivity index (χ0) is 13.9. The van der Waals surface area contributed by atoms with Gasteiger partial charge in [-0.2, -0.15) is 0 Å². The van der Waals surface area contributed by atoms with E-state index in [0.29, 0.717) is 5.76 Å². The molecule has 0 bridgehead atoms. The number of aromatic nitrogens is 1. The lowest BCUT2D eigenvalue weighted by Crippen LogP contribution is -2.23. The predicted molar refractivity (Wildman–Crippen MR) is 72.6 cm³/mol. The van der Waals surface area contributed by atoms with Crippen LogP contribution in [0.4, 0.5) is 0 Å². The fourth-order valence-electron chi connectivity index (χ4n) is 1.44. The first-order valence-corrected chi connectivity index (χ1v) is 7.67. The second-order valence-corrected chi connectivity index (χ2v) is 6.20. The minimum Gasteiger partial charge on any atom is -0.452 e. The summed E-state index contributed by atoms with van der Waals surface area (Å²) in [6.45, 7) is 0.294. The number of pyridine rings is 1. The standard InChI is InChI=1S/C11H12BrN3O3S/c12-11-10(4-9(5-13)18-11)19(16,17)15-7-8-2-1-3-14-6-8/h1-4,6,15H,5,7,13H2. The lowest BCUT2D eigenvalue weighted by molar-refractivity contribution is 0.483. The number of nitrogens with one attached hydrogen (secondary N) is 1. The van der Waals surface area contributed by atoms with Crippen molar-refractivity contribution in [3.8, 4) is 0 Å². The maximum atomic E-state index is 12.1. The van der Waals surface area contributed by atoms with Crippen LogP contribution in [0.15, 0.2) is 44.6 Å². The molecule has 0 amide bonds. The maximum Gasteiger partial charge on any atom is 0.245 e. The second kappa shape index (κ2) is 5.83. The Kier molecular flexibility index (Phi) is 4.35. The Morgan fingerprint density at radius 1 is 1.47 bits per heavy atom. The van der Waals surface area contributed by atoms with Crippen molar-refractivity contribution < 1.29 is 12.8 Å². The fraction of sp³-hybridized carbons (Fsp3) is 0.182. The molecule has 2 heterocycles. The Balaban J connectivity index is 2.16. The number of hydrogen-bond donors (Lipinski definition) is 2. The summed E-state index contributed by atoms with van der Waals surface area (Å²) in [5.74, 6) is 0.397. The summed E-state index contributed by atoms with van der Waals surface area (Å²) in [7, 11) is -3.65. The van der Waals surface area contributed by atoms with Gasteiger partial charge in [-0.15, -0.1) is 0 Å². The van der Waals surface area contributed by atoms with Crippen LogP contribution in [0.5, 0.6) is 0 Å². The summed E-state index contributed by atoms with van der Waals surface area (Å²) in [6, 6.07) is 4.92. The Hall–Kier alpha value is -1.22. The van der Waals surface area contributed by atoms with Crippen LogP contribution in [-0.4, -0.2) is 13.4 Å². The molecule has 2 rings (SSSR count). The van der Waals surface area contributed by atoms with Crippen molar-refractivity contribution in [2.45, 2.75) is 18.0 Å². The average molecular weight is 346 g/mol. The molecule has 0 aliphatic rings. The first-order valence-electron chi connectivity index (χ1n) is 5.40. The van der Waals surface area contributed by atoms with Crippen LogP contribution in [0.2, 0.25) is 0 Å². The van der Waals surface area contributed by atoms with E-state index in [1.807, 2.05) is 0 Å². The molecule has 0 aliphatic carbocycles. The van der Waals surface area contributed by atoms with E-state index in [2.05, 4.69) is 25.6 Å². The van der Waals surface area contributed by atoms with Gasteiger partial charge in [-0.25, -0.2) is 13.1 Å². The average Bonchev–Trinajstić information content (AvgIpc) is 2.80. The van der Waals surface area contributed by atoms with Crippen LogP contribution in [0.25, 0.3) is 0 Å². The minimum atomic E-state index is -3.65. The highest BCUT2D eigenvalue weighted by atomic mass is 79.9. The number of sulfonamides is 1. The lowest BCUT2D eigenvalue weighted by atomic mass is 10.3. The van der Waals surface area contributed by atoms with E-state index in [1.165, 1.54) is 6.07 Å². The molecule has 8 heteroatoms. The molecule has 0 saturated heterocycles. The normalized spacial score (nSPS) is 11.7. The number of nitrogens with zero attached hydrogens (tertiary/aromatic N) is 1. The van der Waals surface area contributed by atoms with Crippen LogP contribution >= 0.6 is 15.9 Å². The van der Waals surface area contributed by atoms with Crippen molar-refractivity contribution in [3.63, 3.8) is 0 Å². The molecular weight excluding hydrogens is 334 g/mol. The molecular formula is C11H12BrN3O3S. The summed E-state index contributed by atoms with van der Waals surface area (Å²) in [6.07, 6.45) is 3.22. The highest BCUT2D eigenvalue weighted by Gasteiger charge is 2.21. The molecule has 3 N–H and O–H groups in total. The van der Waals surface area contributed by atoms with Crippen molar-refractivity contribution in [1.82, 2.24) is 9.71 Å². The molecule has 0 unspecified atom stereocenters. The Morgan fingerprint density at radius 2 is 2.26 bits per heavy atom. The van der Waals surface area contributed by atoms with Crippen molar-refractivity contribution in [3.05, 3.63) is 46.6 Å². The quantitative estimate of drug-likeness (QED) is 0.852. The lowest BCUT2D eigenvalue weighted by Gasteiger charge is -2.04. The number of rotatable bonds is 5. The number of hydrogen-bond acceptors (Lipinski definition) is 5. The van der Waals surface area contributed by atoms with E-state index in [1.54, 1.807) is 24.5 Å². The van der Waals surface area contributed by atoms with Crippen LogP contribution in [-0.2, 0) is 23.1 Å². The van der Waals surface area contributed by atoms with Gasteiger partial charge in [-0.3, -0.25) is 4.98 Å². The summed E-state index contributed by atoms with van der Waals surface area (Å²) in [4.78, 5) is 3.95. The number of nitrogens with two attached hydrogens (primary N) is 1. The Labute approximate surface area is 119 Å². The molecule has 0 aliphatic heterocycles. The zero-order valence-corrected chi connectivity index (χ0v) is 12.2. The molecule has 102 valence electrons. The van der Waals surface area contributed by atoms with Crippen molar-refractivity contribution >= 4 is 26.0 Å². The first-order chi connectivity index (χ1) is 9.03.